The van der Waals surface area contributed by atoms with Crippen LogP contribution in [0.3, 0.4) is 0 Å². The van der Waals surface area contributed by atoms with Gasteiger partial charge in [0.2, 0.25) is 5.91 Å². The maximum Gasteiger partial charge on any atom is 0.272 e. The predicted molar refractivity (Wildman–Crippen MR) is 124 cm³/mol. The number of aryl methyl sites for hydroxylation is 3. The van der Waals surface area contributed by atoms with Crippen LogP contribution in [-0.2, 0) is 4.79 Å². The van der Waals surface area contributed by atoms with Gasteiger partial charge in [-0.2, -0.15) is 5.10 Å². The van der Waals surface area contributed by atoms with Gasteiger partial charge in [0.25, 0.3) is 11.6 Å². The SMILES string of the molecule is Cc1cc(C)n(-c2cccc(NC(=O)C3CCCN3C(=O)c3ccc([N+](=O)[O-])c(C)c3)c2)n1. The number of nitro benzene ring substituents is 1. The minimum atomic E-state index is -0.606. The summed E-state index contributed by atoms with van der Waals surface area (Å²) in [5, 5.41) is 18.5. The van der Waals surface area contributed by atoms with Gasteiger partial charge in [-0.3, -0.25) is 19.7 Å². The van der Waals surface area contributed by atoms with Crippen molar-refractivity contribution >= 4 is 23.2 Å². The fourth-order valence-corrected chi connectivity index (χ4v) is 4.27. The Kier molecular flexibility index (Phi) is 5.95. The number of anilines is 1. The van der Waals surface area contributed by atoms with E-state index in [-0.39, 0.29) is 17.5 Å². The second kappa shape index (κ2) is 8.85. The first-order valence-corrected chi connectivity index (χ1v) is 10.7. The van der Waals surface area contributed by atoms with Gasteiger partial charge in [0.1, 0.15) is 6.04 Å². The van der Waals surface area contributed by atoms with Crippen LogP contribution >= 0.6 is 0 Å². The topological polar surface area (TPSA) is 110 Å². The van der Waals surface area contributed by atoms with E-state index in [9.17, 15) is 19.7 Å². The molecule has 0 aliphatic carbocycles. The van der Waals surface area contributed by atoms with E-state index in [4.69, 9.17) is 0 Å². The smallest absolute Gasteiger partial charge is 0.272 e. The molecule has 3 aromatic rings. The van der Waals surface area contributed by atoms with E-state index in [1.807, 2.05) is 42.8 Å². The molecular weight excluding hydrogens is 422 g/mol. The Balaban J connectivity index is 1.51. The average molecular weight is 447 g/mol. The van der Waals surface area contributed by atoms with Crippen LogP contribution in [0.1, 0.15) is 40.2 Å². The Morgan fingerprint density at radius 2 is 1.91 bits per heavy atom. The zero-order valence-corrected chi connectivity index (χ0v) is 18.7. The normalized spacial score (nSPS) is 15.5. The molecule has 1 aliphatic heterocycles. The van der Waals surface area contributed by atoms with E-state index in [1.54, 1.807) is 17.9 Å². The summed E-state index contributed by atoms with van der Waals surface area (Å²) in [5.74, 6) is -0.563. The number of benzene rings is 2. The van der Waals surface area contributed by atoms with Crippen molar-refractivity contribution in [2.24, 2.45) is 0 Å². The Hall–Kier alpha value is -4.01. The van der Waals surface area contributed by atoms with Crippen LogP contribution in [0.25, 0.3) is 5.69 Å². The molecule has 1 aliphatic rings. The molecule has 33 heavy (non-hydrogen) atoms. The number of carbonyl (C=O) groups excluding carboxylic acids is 2. The second-order valence-electron chi connectivity index (χ2n) is 8.29. The molecule has 9 heteroatoms. The number of nitro groups is 1. The van der Waals surface area contributed by atoms with Crippen LogP contribution in [0.4, 0.5) is 11.4 Å². The summed E-state index contributed by atoms with van der Waals surface area (Å²) in [6.45, 7) is 5.94. The summed E-state index contributed by atoms with van der Waals surface area (Å²) in [6.07, 6.45) is 1.27. The molecule has 9 nitrogen and oxygen atoms in total. The van der Waals surface area contributed by atoms with Crippen molar-refractivity contribution in [2.45, 2.75) is 39.7 Å². The number of aromatic nitrogens is 2. The van der Waals surface area contributed by atoms with Crippen LogP contribution in [0.2, 0.25) is 0 Å². The van der Waals surface area contributed by atoms with E-state index in [0.717, 1.165) is 17.1 Å². The van der Waals surface area contributed by atoms with Gasteiger partial charge in [0.05, 0.1) is 16.3 Å². The average Bonchev–Trinajstić information content (AvgIpc) is 3.39. The molecule has 2 aromatic carbocycles. The fourth-order valence-electron chi connectivity index (χ4n) is 4.27. The number of hydrogen-bond donors (Lipinski definition) is 1. The van der Waals surface area contributed by atoms with Crippen molar-refractivity contribution in [3.8, 4) is 5.69 Å². The molecule has 0 bridgehead atoms. The molecule has 0 saturated carbocycles. The Labute approximate surface area is 191 Å². The first-order valence-electron chi connectivity index (χ1n) is 10.7. The first-order chi connectivity index (χ1) is 15.7. The van der Waals surface area contributed by atoms with Crippen molar-refractivity contribution in [1.82, 2.24) is 14.7 Å². The number of rotatable bonds is 5. The number of hydrogen-bond acceptors (Lipinski definition) is 5. The maximum absolute atomic E-state index is 13.1. The predicted octanol–water partition coefficient (Wildman–Crippen LogP) is 3.95. The van der Waals surface area contributed by atoms with E-state index in [0.29, 0.717) is 36.2 Å². The summed E-state index contributed by atoms with van der Waals surface area (Å²) >= 11 is 0. The molecule has 1 unspecified atom stereocenters. The molecule has 1 saturated heterocycles. The number of amides is 2. The quantitative estimate of drug-likeness (QED) is 0.470. The molecule has 1 aromatic heterocycles. The number of likely N-dealkylation sites (tertiary alicyclic amines) is 1. The molecule has 4 rings (SSSR count). The van der Waals surface area contributed by atoms with Gasteiger partial charge in [-0.05, 0) is 70.0 Å². The lowest BCUT2D eigenvalue weighted by molar-refractivity contribution is -0.385. The van der Waals surface area contributed by atoms with Crippen LogP contribution in [0.5, 0.6) is 0 Å². The summed E-state index contributed by atoms with van der Waals surface area (Å²) in [4.78, 5) is 38.3. The van der Waals surface area contributed by atoms with Crippen LogP contribution in [0.15, 0.2) is 48.5 Å². The van der Waals surface area contributed by atoms with Gasteiger partial charge in [-0.25, -0.2) is 4.68 Å². The molecule has 2 heterocycles. The number of carbonyl (C=O) groups is 2. The van der Waals surface area contributed by atoms with E-state index in [1.165, 1.54) is 18.2 Å². The van der Waals surface area contributed by atoms with E-state index >= 15 is 0 Å². The molecule has 0 spiro atoms. The molecule has 1 N–H and O–H groups in total. The third-order valence-corrected chi connectivity index (χ3v) is 5.82. The number of nitrogens with zero attached hydrogens (tertiary/aromatic N) is 4. The lowest BCUT2D eigenvalue weighted by Gasteiger charge is -2.24. The van der Waals surface area contributed by atoms with Gasteiger partial charge in [0.15, 0.2) is 0 Å². The minimum Gasteiger partial charge on any atom is -0.327 e. The zero-order valence-electron chi connectivity index (χ0n) is 18.7. The summed E-state index contributed by atoms with van der Waals surface area (Å²) in [5.41, 5.74) is 4.06. The van der Waals surface area contributed by atoms with Gasteiger partial charge < -0.3 is 10.2 Å². The monoisotopic (exact) mass is 447 g/mol. The fraction of sp³-hybridized carbons (Fsp3) is 0.292. The van der Waals surface area contributed by atoms with Gasteiger partial charge >= 0.3 is 0 Å². The molecule has 1 fully saturated rings. The van der Waals surface area contributed by atoms with Crippen LogP contribution < -0.4 is 5.32 Å². The Bertz CT molecular complexity index is 1250. The summed E-state index contributed by atoms with van der Waals surface area (Å²) in [6, 6.07) is 13.1. The highest BCUT2D eigenvalue weighted by molar-refractivity contribution is 6.01. The maximum atomic E-state index is 13.1. The number of nitrogens with one attached hydrogen (secondary N) is 1. The lowest BCUT2D eigenvalue weighted by atomic mass is 10.1. The van der Waals surface area contributed by atoms with Crippen molar-refractivity contribution in [3.05, 3.63) is 81.2 Å². The standard InChI is InChI=1S/C24H25N5O4/c1-15-12-18(9-10-21(15)29(32)33)24(31)27-11-5-8-22(27)23(30)25-19-6-4-7-20(14-19)28-17(3)13-16(2)26-28/h4,6-7,9-10,12-14,22H,5,8,11H2,1-3H3,(H,25,30). The lowest BCUT2D eigenvalue weighted by Crippen LogP contribution is -2.43. The summed E-state index contributed by atoms with van der Waals surface area (Å²) < 4.78 is 1.81. The largest absolute Gasteiger partial charge is 0.327 e. The van der Waals surface area contributed by atoms with E-state index in [2.05, 4.69) is 10.4 Å². The Morgan fingerprint density at radius 1 is 1.12 bits per heavy atom. The first kappa shape index (κ1) is 22.2. The zero-order chi connectivity index (χ0) is 23.7. The van der Waals surface area contributed by atoms with Gasteiger partial charge in [0, 0.05) is 35.1 Å². The van der Waals surface area contributed by atoms with E-state index < -0.39 is 11.0 Å². The van der Waals surface area contributed by atoms with Crippen molar-refractivity contribution in [2.75, 3.05) is 11.9 Å². The van der Waals surface area contributed by atoms with Crippen molar-refractivity contribution in [3.63, 3.8) is 0 Å². The Morgan fingerprint density at radius 3 is 2.58 bits per heavy atom. The molecule has 1 atom stereocenters. The highest BCUT2D eigenvalue weighted by Gasteiger charge is 2.35. The van der Waals surface area contributed by atoms with Crippen molar-refractivity contribution in [1.29, 1.82) is 0 Å². The summed E-state index contributed by atoms with van der Waals surface area (Å²) in [7, 11) is 0. The third-order valence-electron chi connectivity index (χ3n) is 5.82. The molecule has 2 amide bonds. The van der Waals surface area contributed by atoms with Crippen molar-refractivity contribution < 1.29 is 14.5 Å². The minimum absolute atomic E-state index is 0.0373. The molecular formula is C24H25N5O4. The highest BCUT2D eigenvalue weighted by Crippen LogP contribution is 2.25. The van der Waals surface area contributed by atoms with Crippen LogP contribution in [-0.4, -0.2) is 44.0 Å². The van der Waals surface area contributed by atoms with Gasteiger partial charge in [-0.15, -0.1) is 0 Å². The second-order valence-corrected chi connectivity index (χ2v) is 8.29. The van der Waals surface area contributed by atoms with Crippen LogP contribution in [0, 0.1) is 30.9 Å². The molecule has 0 radical (unpaired) electrons. The highest BCUT2D eigenvalue weighted by atomic mass is 16.6. The molecule has 170 valence electrons. The van der Waals surface area contributed by atoms with Gasteiger partial charge in [-0.1, -0.05) is 6.07 Å². The third kappa shape index (κ3) is 4.48.